The molecule has 2 aromatic carbocycles. The van der Waals surface area contributed by atoms with Crippen LogP contribution in [-0.4, -0.2) is 26.4 Å². The number of aliphatic carboxylic acids is 1. The first-order valence-electron chi connectivity index (χ1n) is 7.60. The molecule has 0 N–H and O–H groups in total. The van der Waals surface area contributed by atoms with Crippen molar-refractivity contribution in [2.45, 2.75) is 32.1 Å². The van der Waals surface area contributed by atoms with Crippen LogP contribution in [-0.2, 0) is 14.6 Å². The maximum Gasteiger partial charge on any atom is 0.175 e. The Bertz CT molecular complexity index is 763. The first-order chi connectivity index (χ1) is 11.6. The normalized spacial score (nSPS) is 9.76. The van der Waals surface area contributed by atoms with Gasteiger partial charge in [0.25, 0.3) is 0 Å². The average Bonchev–Trinajstić information content (AvgIpc) is 2.56. The zero-order chi connectivity index (χ0) is 19.5. The van der Waals surface area contributed by atoms with E-state index in [1.54, 1.807) is 31.2 Å². The number of carboxylic acid groups (broad SMARTS) is 1. The topological polar surface area (TPSA) is 91.3 Å². The molecule has 0 bridgehead atoms. The number of benzene rings is 2. The molecular weight excluding hydrogens is 340 g/mol. The third-order valence-electron chi connectivity index (χ3n) is 2.92. The first kappa shape index (κ1) is 22.5. The van der Waals surface area contributed by atoms with E-state index in [0.717, 1.165) is 11.1 Å². The van der Waals surface area contributed by atoms with Gasteiger partial charge in [0.05, 0.1) is 4.90 Å². The summed E-state index contributed by atoms with van der Waals surface area (Å²) in [6, 6.07) is 16.0. The Balaban J connectivity index is 0.000000372. The summed E-state index contributed by atoms with van der Waals surface area (Å²) in [7, 11) is -3.02. The molecule has 0 aliphatic heterocycles. The SMILES string of the molecule is CC(=O)c1ccccc1.CCC(=O)[O-].Cc1ccc(S(C)(=O)=O)cc1. The quantitative estimate of drug-likeness (QED) is 0.781. The molecule has 0 amide bonds. The number of sulfone groups is 1. The van der Waals surface area contributed by atoms with Crippen molar-refractivity contribution in [1.82, 2.24) is 0 Å². The van der Waals surface area contributed by atoms with E-state index in [-0.39, 0.29) is 12.2 Å². The molecule has 0 aliphatic carbocycles. The Labute approximate surface area is 149 Å². The number of rotatable bonds is 3. The lowest BCUT2D eigenvalue weighted by atomic mass is 10.2. The standard InChI is InChI=1S/C8H10O2S.C8H8O.C3H6O2/c1-7-3-5-8(6-4-7)11(2,9)10;1-7(9)8-5-3-2-4-6-8;1-2-3(4)5/h3-6H,1-2H3;2-6H,1H3;2H2,1H3,(H,4,5)/p-1. The molecule has 6 heteroatoms. The Morgan fingerprint density at radius 1 is 0.960 bits per heavy atom. The molecule has 5 nitrogen and oxygen atoms in total. The van der Waals surface area contributed by atoms with Crippen LogP contribution < -0.4 is 5.11 Å². The summed E-state index contributed by atoms with van der Waals surface area (Å²) >= 11 is 0. The van der Waals surface area contributed by atoms with Crippen LogP contribution in [0.1, 0.15) is 36.2 Å². The monoisotopic (exact) mass is 363 g/mol. The number of hydrogen-bond donors (Lipinski definition) is 0. The minimum absolute atomic E-state index is 0.111. The fraction of sp³-hybridized carbons (Fsp3) is 0.263. The van der Waals surface area contributed by atoms with Crippen molar-refractivity contribution in [3.05, 3.63) is 65.7 Å². The van der Waals surface area contributed by atoms with E-state index < -0.39 is 15.8 Å². The lowest BCUT2D eigenvalue weighted by Gasteiger charge is -1.96. The summed E-state index contributed by atoms with van der Waals surface area (Å²) in [5, 5.41) is 9.26. The zero-order valence-electron chi connectivity index (χ0n) is 14.9. The number of hydrogen-bond acceptors (Lipinski definition) is 5. The Hall–Kier alpha value is -2.47. The van der Waals surface area contributed by atoms with E-state index in [9.17, 15) is 23.1 Å². The van der Waals surface area contributed by atoms with Gasteiger partial charge in [-0.3, -0.25) is 4.79 Å². The molecule has 25 heavy (non-hydrogen) atoms. The van der Waals surface area contributed by atoms with Crippen LogP contribution in [0.2, 0.25) is 0 Å². The number of ketones is 1. The van der Waals surface area contributed by atoms with Crippen molar-refractivity contribution in [3.63, 3.8) is 0 Å². The Morgan fingerprint density at radius 3 is 1.68 bits per heavy atom. The molecule has 0 aliphatic rings. The first-order valence-corrected chi connectivity index (χ1v) is 9.49. The molecule has 0 fully saturated rings. The largest absolute Gasteiger partial charge is 0.550 e. The van der Waals surface area contributed by atoms with Crippen molar-refractivity contribution in [1.29, 1.82) is 0 Å². The summed E-state index contributed by atoms with van der Waals surface area (Å²) in [4.78, 5) is 20.3. The molecule has 0 saturated heterocycles. The van der Waals surface area contributed by atoms with Crippen molar-refractivity contribution in [2.24, 2.45) is 0 Å². The molecule has 0 unspecified atom stereocenters. The van der Waals surface area contributed by atoms with Crippen LogP contribution in [0.3, 0.4) is 0 Å². The van der Waals surface area contributed by atoms with Crippen LogP contribution in [0.15, 0.2) is 59.5 Å². The minimum Gasteiger partial charge on any atom is -0.550 e. The molecule has 0 spiro atoms. The fourth-order valence-corrected chi connectivity index (χ4v) is 2.09. The maximum absolute atomic E-state index is 10.9. The highest BCUT2D eigenvalue weighted by Gasteiger charge is 2.04. The van der Waals surface area contributed by atoms with E-state index in [4.69, 9.17) is 0 Å². The molecule has 0 saturated carbocycles. The van der Waals surface area contributed by atoms with Gasteiger partial charge in [-0.1, -0.05) is 55.0 Å². The summed E-state index contributed by atoms with van der Waals surface area (Å²) in [5.74, 6) is -0.874. The number of aryl methyl sites for hydroxylation is 1. The second kappa shape index (κ2) is 11.1. The van der Waals surface area contributed by atoms with Crippen molar-refractivity contribution in [2.75, 3.05) is 6.26 Å². The van der Waals surface area contributed by atoms with Gasteiger partial charge in [-0.25, -0.2) is 8.42 Å². The third kappa shape index (κ3) is 10.8. The van der Waals surface area contributed by atoms with Crippen molar-refractivity contribution < 1.29 is 23.1 Å². The molecule has 0 aromatic heterocycles. The minimum atomic E-state index is -3.02. The maximum atomic E-state index is 10.9. The molecule has 136 valence electrons. The number of carbonyl (C=O) groups excluding carboxylic acids is 2. The summed E-state index contributed by atoms with van der Waals surface area (Å²) in [5.41, 5.74) is 1.84. The molecule has 0 heterocycles. The number of carbonyl (C=O) groups is 2. The second-order valence-corrected chi connectivity index (χ2v) is 7.25. The van der Waals surface area contributed by atoms with Gasteiger partial charge >= 0.3 is 0 Å². The van der Waals surface area contributed by atoms with Gasteiger partial charge in [0.2, 0.25) is 0 Å². The summed E-state index contributed by atoms with van der Waals surface area (Å²) in [6.45, 7) is 5.02. The average molecular weight is 363 g/mol. The lowest BCUT2D eigenvalue weighted by Crippen LogP contribution is -2.19. The van der Waals surface area contributed by atoms with Gasteiger partial charge in [0.1, 0.15) is 0 Å². The smallest absolute Gasteiger partial charge is 0.175 e. The number of Topliss-reactive ketones (excluding diaryl/α,β-unsaturated/α-hetero) is 1. The van der Waals surface area contributed by atoms with E-state index in [1.807, 2.05) is 37.3 Å². The second-order valence-electron chi connectivity index (χ2n) is 5.23. The highest BCUT2D eigenvalue weighted by molar-refractivity contribution is 7.90. The van der Waals surface area contributed by atoms with E-state index in [1.165, 1.54) is 13.2 Å². The van der Waals surface area contributed by atoms with Gasteiger partial charge in [-0.05, 0) is 32.4 Å². The molecule has 2 rings (SSSR count). The van der Waals surface area contributed by atoms with E-state index in [2.05, 4.69) is 0 Å². The lowest BCUT2D eigenvalue weighted by molar-refractivity contribution is -0.305. The number of carboxylic acids is 1. The van der Waals surface area contributed by atoms with Crippen LogP contribution in [0.25, 0.3) is 0 Å². The molecular formula is C19H23O5S-. The molecule has 0 atom stereocenters. The fourth-order valence-electron chi connectivity index (χ4n) is 1.46. The Morgan fingerprint density at radius 2 is 1.40 bits per heavy atom. The van der Waals surface area contributed by atoms with Gasteiger partial charge in [0.15, 0.2) is 15.6 Å². The van der Waals surface area contributed by atoms with Gasteiger partial charge in [-0.15, -0.1) is 0 Å². The molecule has 0 radical (unpaired) electrons. The van der Waals surface area contributed by atoms with E-state index in [0.29, 0.717) is 4.90 Å². The summed E-state index contributed by atoms with van der Waals surface area (Å²) < 4.78 is 21.9. The highest BCUT2D eigenvalue weighted by atomic mass is 32.2. The summed E-state index contributed by atoms with van der Waals surface area (Å²) in [6.07, 6.45) is 1.32. The van der Waals surface area contributed by atoms with Gasteiger partial charge in [0, 0.05) is 17.8 Å². The van der Waals surface area contributed by atoms with Crippen molar-refractivity contribution >= 4 is 21.6 Å². The van der Waals surface area contributed by atoms with Crippen LogP contribution in [0, 0.1) is 6.92 Å². The van der Waals surface area contributed by atoms with Crippen molar-refractivity contribution in [3.8, 4) is 0 Å². The Kier molecular flexibility index (Phi) is 10.0. The third-order valence-corrected chi connectivity index (χ3v) is 4.05. The zero-order valence-corrected chi connectivity index (χ0v) is 15.7. The van der Waals surface area contributed by atoms with Gasteiger partial charge < -0.3 is 9.90 Å². The van der Waals surface area contributed by atoms with Gasteiger partial charge in [-0.2, -0.15) is 0 Å². The van der Waals surface area contributed by atoms with Crippen LogP contribution in [0.5, 0.6) is 0 Å². The predicted octanol–water partition coefficient (Wildman–Crippen LogP) is 2.43. The van der Waals surface area contributed by atoms with Crippen LogP contribution >= 0.6 is 0 Å². The van der Waals surface area contributed by atoms with Crippen LogP contribution in [0.4, 0.5) is 0 Å². The molecule has 2 aromatic rings. The predicted molar refractivity (Wildman–Crippen MR) is 96.0 cm³/mol. The van der Waals surface area contributed by atoms with E-state index >= 15 is 0 Å². The highest BCUT2D eigenvalue weighted by Crippen LogP contribution is 2.08.